The van der Waals surface area contributed by atoms with Gasteiger partial charge < -0.3 is 20.3 Å². The first-order valence-corrected chi connectivity index (χ1v) is 9.65. The molecule has 0 aliphatic carbocycles. The number of nitrogens with zero attached hydrogens (tertiary/aromatic N) is 1. The molecule has 0 bridgehead atoms. The van der Waals surface area contributed by atoms with Crippen LogP contribution in [0.3, 0.4) is 0 Å². The maximum Gasteiger partial charge on any atom is 0.410 e. The van der Waals surface area contributed by atoms with E-state index in [1.807, 2.05) is 54.6 Å². The molecule has 0 saturated carbocycles. The van der Waals surface area contributed by atoms with E-state index in [-0.39, 0.29) is 17.9 Å². The molecule has 1 amide bonds. The highest BCUT2D eigenvalue weighted by Crippen LogP contribution is 2.12. The summed E-state index contributed by atoms with van der Waals surface area (Å²) in [5, 5.41) is 6.80. The van der Waals surface area contributed by atoms with E-state index in [0.717, 1.165) is 30.8 Å². The van der Waals surface area contributed by atoms with Crippen LogP contribution in [-0.4, -0.2) is 49.0 Å². The molecule has 1 fully saturated rings. The van der Waals surface area contributed by atoms with Gasteiger partial charge in [0, 0.05) is 43.5 Å². The van der Waals surface area contributed by atoms with Crippen LogP contribution in [0.4, 0.5) is 10.5 Å². The molecule has 0 aromatic heterocycles. The minimum absolute atomic E-state index is 0.0576. The van der Waals surface area contributed by atoms with Gasteiger partial charge in [-0.2, -0.15) is 0 Å². The summed E-state index contributed by atoms with van der Waals surface area (Å²) in [5.41, 5.74) is 2.62. The topological polar surface area (TPSA) is 70.7 Å². The van der Waals surface area contributed by atoms with E-state index in [2.05, 4.69) is 10.6 Å². The number of carbonyl (C=O) groups excluding carboxylic acids is 2. The molecule has 0 unspecified atom stereocenters. The third kappa shape index (κ3) is 5.82. The summed E-state index contributed by atoms with van der Waals surface area (Å²) < 4.78 is 5.44. The van der Waals surface area contributed by atoms with E-state index in [9.17, 15) is 9.59 Å². The number of amides is 1. The number of ether oxygens (including phenoxy) is 1. The molecule has 0 radical (unpaired) electrons. The van der Waals surface area contributed by atoms with Crippen molar-refractivity contribution in [3.05, 3.63) is 65.7 Å². The molecule has 3 rings (SSSR count). The van der Waals surface area contributed by atoms with Gasteiger partial charge in [-0.1, -0.05) is 42.5 Å². The van der Waals surface area contributed by atoms with Crippen LogP contribution in [0, 0.1) is 0 Å². The first-order valence-electron chi connectivity index (χ1n) is 9.65. The predicted octanol–water partition coefficient (Wildman–Crippen LogP) is 3.30. The molecule has 148 valence electrons. The van der Waals surface area contributed by atoms with Gasteiger partial charge in [0.25, 0.3) is 0 Å². The van der Waals surface area contributed by atoms with Gasteiger partial charge in [0.2, 0.25) is 0 Å². The van der Waals surface area contributed by atoms with Crippen molar-refractivity contribution >= 4 is 17.6 Å². The van der Waals surface area contributed by atoms with Crippen molar-refractivity contribution in [2.45, 2.75) is 26.0 Å². The van der Waals surface area contributed by atoms with E-state index in [4.69, 9.17) is 4.74 Å². The fourth-order valence-corrected chi connectivity index (χ4v) is 3.23. The van der Waals surface area contributed by atoms with Gasteiger partial charge in [0.05, 0.1) is 0 Å². The van der Waals surface area contributed by atoms with Crippen LogP contribution in [0.1, 0.15) is 29.3 Å². The lowest BCUT2D eigenvalue weighted by atomic mass is 10.1. The Bertz CT molecular complexity index is 795. The van der Waals surface area contributed by atoms with Crippen molar-refractivity contribution in [1.29, 1.82) is 0 Å². The molecule has 2 aromatic rings. The fourth-order valence-electron chi connectivity index (χ4n) is 3.23. The Kier molecular flexibility index (Phi) is 7.03. The largest absolute Gasteiger partial charge is 0.445 e. The number of ketones is 1. The zero-order chi connectivity index (χ0) is 19.8. The predicted molar refractivity (Wildman–Crippen MR) is 110 cm³/mol. The molecule has 1 aliphatic heterocycles. The zero-order valence-corrected chi connectivity index (χ0v) is 16.2. The van der Waals surface area contributed by atoms with Crippen LogP contribution in [0.5, 0.6) is 0 Å². The fraction of sp³-hybridized carbons (Fsp3) is 0.364. The average molecular weight is 381 g/mol. The third-order valence-electron chi connectivity index (χ3n) is 4.81. The number of carbonyl (C=O) groups is 2. The zero-order valence-electron chi connectivity index (χ0n) is 16.2. The van der Waals surface area contributed by atoms with Gasteiger partial charge in [-0.25, -0.2) is 4.79 Å². The molecule has 28 heavy (non-hydrogen) atoms. The van der Waals surface area contributed by atoms with Gasteiger partial charge in [0.1, 0.15) is 6.61 Å². The Morgan fingerprint density at radius 3 is 2.79 bits per heavy atom. The molecule has 6 heteroatoms. The van der Waals surface area contributed by atoms with E-state index in [0.29, 0.717) is 25.3 Å². The Morgan fingerprint density at radius 1 is 1.18 bits per heavy atom. The summed E-state index contributed by atoms with van der Waals surface area (Å²) in [6.45, 7) is 4.65. The van der Waals surface area contributed by atoms with E-state index in [1.165, 1.54) is 0 Å². The van der Waals surface area contributed by atoms with Crippen LogP contribution in [0.25, 0.3) is 0 Å². The SMILES string of the molecule is CC(=O)c1cccc(NCC[C@@H]2CN(C(=O)OCc3ccccc3)CCN2)c1. The molecule has 6 nitrogen and oxygen atoms in total. The highest BCUT2D eigenvalue weighted by molar-refractivity contribution is 5.94. The van der Waals surface area contributed by atoms with Crippen LogP contribution in [-0.2, 0) is 11.3 Å². The van der Waals surface area contributed by atoms with E-state index in [1.54, 1.807) is 11.8 Å². The summed E-state index contributed by atoms with van der Waals surface area (Å²) in [6.07, 6.45) is 0.602. The van der Waals surface area contributed by atoms with Gasteiger partial charge in [-0.15, -0.1) is 0 Å². The van der Waals surface area contributed by atoms with E-state index >= 15 is 0 Å². The van der Waals surface area contributed by atoms with Crippen LogP contribution in [0.2, 0.25) is 0 Å². The number of hydrogen-bond acceptors (Lipinski definition) is 5. The Labute approximate surface area is 165 Å². The number of rotatable bonds is 7. The maximum absolute atomic E-state index is 12.3. The van der Waals surface area contributed by atoms with Crippen molar-refractivity contribution in [2.75, 3.05) is 31.5 Å². The van der Waals surface area contributed by atoms with Gasteiger partial charge in [-0.3, -0.25) is 4.79 Å². The number of benzene rings is 2. The monoisotopic (exact) mass is 381 g/mol. The van der Waals surface area contributed by atoms with Crippen molar-refractivity contribution < 1.29 is 14.3 Å². The maximum atomic E-state index is 12.3. The lowest BCUT2D eigenvalue weighted by Gasteiger charge is -2.33. The van der Waals surface area contributed by atoms with Crippen LogP contribution >= 0.6 is 0 Å². The van der Waals surface area contributed by atoms with Gasteiger partial charge in [0.15, 0.2) is 5.78 Å². The molecule has 2 aromatic carbocycles. The summed E-state index contributed by atoms with van der Waals surface area (Å²) in [5.74, 6) is 0.0576. The second-order valence-electron chi connectivity index (χ2n) is 6.99. The molecular formula is C22H27N3O3. The van der Waals surface area contributed by atoms with E-state index < -0.39 is 0 Å². The first-order chi connectivity index (χ1) is 13.6. The second kappa shape index (κ2) is 9.90. The third-order valence-corrected chi connectivity index (χ3v) is 4.81. The number of Topliss-reactive ketones (excluding diaryl/α,β-unsaturated/α-hetero) is 1. The quantitative estimate of drug-likeness (QED) is 0.720. The van der Waals surface area contributed by atoms with Crippen molar-refractivity contribution in [1.82, 2.24) is 10.2 Å². The van der Waals surface area contributed by atoms with Crippen molar-refractivity contribution in [3.63, 3.8) is 0 Å². The Balaban J connectivity index is 1.42. The minimum atomic E-state index is -0.266. The van der Waals surface area contributed by atoms with Crippen molar-refractivity contribution in [2.24, 2.45) is 0 Å². The first kappa shape index (κ1) is 19.9. The normalized spacial score (nSPS) is 16.5. The lowest BCUT2D eigenvalue weighted by molar-refractivity contribution is 0.0845. The molecule has 1 atom stereocenters. The van der Waals surface area contributed by atoms with Crippen LogP contribution < -0.4 is 10.6 Å². The van der Waals surface area contributed by atoms with Gasteiger partial charge >= 0.3 is 6.09 Å². The molecular weight excluding hydrogens is 354 g/mol. The number of nitrogens with one attached hydrogen (secondary N) is 2. The van der Waals surface area contributed by atoms with Crippen molar-refractivity contribution in [3.8, 4) is 0 Å². The number of piperazine rings is 1. The molecule has 0 spiro atoms. The molecule has 1 aliphatic rings. The molecule has 2 N–H and O–H groups in total. The molecule has 1 saturated heterocycles. The van der Waals surface area contributed by atoms with Crippen LogP contribution in [0.15, 0.2) is 54.6 Å². The smallest absolute Gasteiger partial charge is 0.410 e. The average Bonchev–Trinajstić information content (AvgIpc) is 2.73. The Morgan fingerprint density at radius 2 is 2.00 bits per heavy atom. The summed E-state index contributed by atoms with van der Waals surface area (Å²) in [7, 11) is 0. The highest BCUT2D eigenvalue weighted by Gasteiger charge is 2.24. The lowest BCUT2D eigenvalue weighted by Crippen LogP contribution is -2.53. The standard InChI is InChI=1S/C22H27N3O3/c1-17(26)19-8-5-9-20(14-19)23-11-10-21-15-25(13-12-24-21)22(27)28-16-18-6-3-2-4-7-18/h2-9,14,21,23-24H,10-13,15-16H2,1H3/t21-/m1/s1. The summed E-state index contributed by atoms with van der Waals surface area (Å²) in [6, 6.07) is 17.4. The second-order valence-corrected chi connectivity index (χ2v) is 6.99. The Hall–Kier alpha value is -2.86. The minimum Gasteiger partial charge on any atom is -0.445 e. The summed E-state index contributed by atoms with van der Waals surface area (Å²) in [4.78, 5) is 25.6. The molecule has 1 heterocycles. The van der Waals surface area contributed by atoms with Gasteiger partial charge in [-0.05, 0) is 31.0 Å². The summed E-state index contributed by atoms with van der Waals surface area (Å²) >= 11 is 0. The number of anilines is 1. The number of hydrogen-bond donors (Lipinski definition) is 2. The highest BCUT2D eigenvalue weighted by atomic mass is 16.6.